The summed E-state index contributed by atoms with van der Waals surface area (Å²) >= 11 is 0. The Labute approximate surface area is 81.4 Å². The molecule has 1 fully saturated rings. The summed E-state index contributed by atoms with van der Waals surface area (Å²) in [4.78, 5) is 0. The molecule has 0 radical (unpaired) electrons. The standard InChI is InChI=1S/C11H21NO/c1-4-11-10(5-6-13-11)8-12-7-9(2)3/h10-12H,2,4-8H2,1,3H3. The minimum atomic E-state index is 0.484. The van der Waals surface area contributed by atoms with E-state index >= 15 is 0 Å². The summed E-state index contributed by atoms with van der Waals surface area (Å²) in [6.45, 7) is 11.1. The molecule has 13 heavy (non-hydrogen) atoms. The predicted octanol–water partition coefficient (Wildman–Crippen LogP) is 1.97. The summed E-state index contributed by atoms with van der Waals surface area (Å²) in [5.41, 5.74) is 1.20. The Morgan fingerprint density at radius 1 is 1.62 bits per heavy atom. The van der Waals surface area contributed by atoms with Crippen LogP contribution in [0.1, 0.15) is 26.7 Å². The van der Waals surface area contributed by atoms with Crippen LogP contribution in [0.5, 0.6) is 0 Å². The summed E-state index contributed by atoms with van der Waals surface area (Å²) in [5, 5.41) is 3.41. The molecule has 2 heteroatoms. The zero-order chi connectivity index (χ0) is 9.68. The number of hydrogen-bond donors (Lipinski definition) is 1. The third kappa shape index (κ3) is 3.49. The van der Waals surface area contributed by atoms with Crippen molar-refractivity contribution in [3.8, 4) is 0 Å². The molecule has 1 N–H and O–H groups in total. The summed E-state index contributed by atoms with van der Waals surface area (Å²) in [6, 6.07) is 0. The van der Waals surface area contributed by atoms with Crippen molar-refractivity contribution in [1.82, 2.24) is 5.32 Å². The molecule has 0 aliphatic carbocycles. The lowest BCUT2D eigenvalue weighted by Crippen LogP contribution is -2.29. The Bertz CT molecular complexity index is 167. The van der Waals surface area contributed by atoms with Gasteiger partial charge in [-0.2, -0.15) is 0 Å². The average Bonchev–Trinajstić information content (AvgIpc) is 2.51. The quantitative estimate of drug-likeness (QED) is 0.658. The Hall–Kier alpha value is -0.340. The van der Waals surface area contributed by atoms with Gasteiger partial charge in [-0.1, -0.05) is 19.1 Å². The summed E-state index contributed by atoms with van der Waals surface area (Å²) < 4.78 is 5.61. The van der Waals surface area contributed by atoms with Crippen LogP contribution in [0.2, 0.25) is 0 Å². The SMILES string of the molecule is C=C(C)CNCC1CCOC1CC. The van der Waals surface area contributed by atoms with Crippen molar-refractivity contribution in [1.29, 1.82) is 0 Å². The lowest BCUT2D eigenvalue weighted by Gasteiger charge is -2.17. The Morgan fingerprint density at radius 3 is 3.00 bits per heavy atom. The van der Waals surface area contributed by atoms with Crippen LogP contribution in [-0.4, -0.2) is 25.8 Å². The molecule has 2 atom stereocenters. The maximum Gasteiger partial charge on any atom is 0.0613 e. The van der Waals surface area contributed by atoms with E-state index in [2.05, 4.69) is 25.7 Å². The van der Waals surface area contributed by atoms with Gasteiger partial charge < -0.3 is 10.1 Å². The van der Waals surface area contributed by atoms with Gasteiger partial charge >= 0.3 is 0 Å². The first-order valence-electron chi connectivity index (χ1n) is 5.20. The number of rotatable bonds is 5. The minimum absolute atomic E-state index is 0.484. The molecule has 0 aromatic heterocycles. The molecule has 2 nitrogen and oxygen atoms in total. The Balaban J connectivity index is 2.16. The van der Waals surface area contributed by atoms with Crippen LogP contribution in [0.4, 0.5) is 0 Å². The van der Waals surface area contributed by atoms with E-state index in [-0.39, 0.29) is 0 Å². The summed E-state index contributed by atoms with van der Waals surface area (Å²) in [5.74, 6) is 0.712. The molecular weight excluding hydrogens is 162 g/mol. The van der Waals surface area contributed by atoms with Crippen molar-refractivity contribution in [2.45, 2.75) is 32.8 Å². The molecule has 0 aromatic carbocycles. The Morgan fingerprint density at radius 2 is 2.38 bits per heavy atom. The van der Waals surface area contributed by atoms with Gasteiger partial charge in [0, 0.05) is 19.7 Å². The second-order valence-corrected chi connectivity index (χ2v) is 3.95. The van der Waals surface area contributed by atoms with Crippen molar-refractivity contribution in [2.24, 2.45) is 5.92 Å². The topological polar surface area (TPSA) is 21.3 Å². The molecule has 1 heterocycles. The zero-order valence-electron chi connectivity index (χ0n) is 8.81. The monoisotopic (exact) mass is 183 g/mol. The molecule has 76 valence electrons. The summed E-state index contributed by atoms with van der Waals surface area (Å²) in [6.07, 6.45) is 2.83. The first-order chi connectivity index (χ1) is 6.24. The molecule has 0 aromatic rings. The average molecular weight is 183 g/mol. The number of ether oxygens (including phenoxy) is 1. The maximum absolute atomic E-state index is 5.61. The Kier molecular flexibility index (Phi) is 4.46. The number of nitrogens with one attached hydrogen (secondary N) is 1. The van der Waals surface area contributed by atoms with Gasteiger partial charge in [-0.25, -0.2) is 0 Å². The van der Waals surface area contributed by atoms with Crippen molar-refractivity contribution in [2.75, 3.05) is 19.7 Å². The van der Waals surface area contributed by atoms with Gasteiger partial charge in [0.2, 0.25) is 0 Å². The fraction of sp³-hybridized carbons (Fsp3) is 0.818. The smallest absolute Gasteiger partial charge is 0.0613 e. The third-order valence-corrected chi connectivity index (χ3v) is 2.58. The van der Waals surface area contributed by atoms with E-state index in [0.717, 1.165) is 26.1 Å². The second-order valence-electron chi connectivity index (χ2n) is 3.95. The third-order valence-electron chi connectivity index (χ3n) is 2.58. The molecule has 0 saturated carbocycles. The van der Waals surface area contributed by atoms with Gasteiger partial charge in [-0.15, -0.1) is 0 Å². The molecule has 1 saturated heterocycles. The maximum atomic E-state index is 5.61. The highest BCUT2D eigenvalue weighted by Crippen LogP contribution is 2.22. The largest absolute Gasteiger partial charge is 0.378 e. The van der Waals surface area contributed by atoms with Crippen molar-refractivity contribution >= 4 is 0 Å². The van der Waals surface area contributed by atoms with E-state index in [1.54, 1.807) is 0 Å². The molecule has 1 rings (SSSR count). The van der Waals surface area contributed by atoms with Crippen LogP contribution in [-0.2, 0) is 4.74 Å². The fourth-order valence-electron chi connectivity index (χ4n) is 1.85. The highest BCUT2D eigenvalue weighted by Gasteiger charge is 2.25. The van der Waals surface area contributed by atoms with Crippen LogP contribution < -0.4 is 5.32 Å². The van der Waals surface area contributed by atoms with Gasteiger partial charge in [0.25, 0.3) is 0 Å². The molecule has 0 amide bonds. The first-order valence-corrected chi connectivity index (χ1v) is 5.20. The molecule has 1 aliphatic rings. The van der Waals surface area contributed by atoms with Gasteiger partial charge in [0.05, 0.1) is 6.10 Å². The van der Waals surface area contributed by atoms with Gasteiger partial charge in [0.1, 0.15) is 0 Å². The minimum Gasteiger partial charge on any atom is -0.378 e. The molecule has 1 aliphatic heterocycles. The second kappa shape index (κ2) is 5.40. The van der Waals surface area contributed by atoms with Crippen LogP contribution in [0.3, 0.4) is 0 Å². The fourth-order valence-corrected chi connectivity index (χ4v) is 1.85. The van der Waals surface area contributed by atoms with Crippen molar-refractivity contribution in [3.63, 3.8) is 0 Å². The highest BCUT2D eigenvalue weighted by molar-refractivity contribution is 4.91. The van der Waals surface area contributed by atoms with E-state index in [0.29, 0.717) is 12.0 Å². The van der Waals surface area contributed by atoms with Gasteiger partial charge in [-0.3, -0.25) is 0 Å². The van der Waals surface area contributed by atoms with Crippen molar-refractivity contribution in [3.05, 3.63) is 12.2 Å². The molecule has 2 unspecified atom stereocenters. The van der Waals surface area contributed by atoms with E-state index in [1.165, 1.54) is 12.0 Å². The van der Waals surface area contributed by atoms with E-state index in [1.807, 2.05) is 0 Å². The van der Waals surface area contributed by atoms with E-state index < -0.39 is 0 Å². The van der Waals surface area contributed by atoms with Crippen LogP contribution >= 0.6 is 0 Å². The van der Waals surface area contributed by atoms with Crippen molar-refractivity contribution < 1.29 is 4.74 Å². The molecule has 0 bridgehead atoms. The highest BCUT2D eigenvalue weighted by atomic mass is 16.5. The van der Waals surface area contributed by atoms with Crippen LogP contribution in [0, 0.1) is 5.92 Å². The van der Waals surface area contributed by atoms with E-state index in [4.69, 9.17) is 4.74 Å². The van der Waals surface area contributed by atoms with Gasteiger partial charge in [0.15, 0.2) is 0 Å². The first kappa shape index (κ1) is 10.7. The lowest BCUT2D eigenvalue weighted by molar-refractivity contribution is 0.0875. The summed E-state index contributed by atoms with van der Waals surface area (Å²) in [7, 11) is 0. The van der Waals surface area contributed by atoms with Gasteiger partial charge in [-0.05, 0) is 25.7 Å². The van der Waals surface area contributed by atoms with E-state index in [9.17, 15) is 0 Å². The van der Waals surface area contributed by atoms with Crippen LogP contribution in [0.15, 0.2) is 12.2 Å². The van der Waals surface area contributed by atoms with Crippen LogP contribution in [0.25, 0.3) is 0 Å². The molecular formula is C11H21NO. The number of hydrogen-bond acceptors (Lipinski definition) is 2. The predicted molar refractivity (Wildman–Crippen MR) is 55.8 cm³/mol. The molecule has 0 spiro atoms. The zero-order valence-corrected chi connectivity index (χ0v) is 8.81. The normalized spacial score (nSPS) is 27.8. The lowest BCUT2D eigenvalue weighted by atomic mass is 10.00.